The molecule has 1 aliphatic rings. The third kappa shape index (κ3) is 4.47. The number of benzene rings is 1. The molecule has 1 aromatic heterocycles. The normalized spacial score (nSPS) is 17.4. The second-order valence-electron chi connectivity index (χ2n) is 7.32. The molecule has 7 heteroatoms. The van der Waals surface area contributed by atoms with Crippen molar-refractivity contribution in [3.05, 3.63) is 41.5 Å². The number of hydrogen-bond donors (Lipinski definition) is 0. The lowest BCUT2D eigenvalue weighted by molar-refractivity contribution is 0.0703. The molecule has 1 fully saturated rings. The van der Waals surface area contributed by atoms with Crippen molar-refractivity contribution in [3.8, 4) is 5.75 Å². The third-order valence-corrected chi connectivity index (χ3v) is 4.92. The first kappa shape index (κ1) is 19.4. The van der Waals surface area contributed by atoms with Crippen LogP contribution in [0, 0.1) is 0 Å². The predicted octanol–water partition coefficient (Wildman–Crippen LogP) is 2.30. The standard InChI is InChI=1S/C20H29N5O2/c1-5-27-17-10-6-8-15(12-17)20(26)25-11-7-9-16(13-25)19-22-21-18(24(19)4)14-23(2)3/h6,8,10,12,16H,5,7,9,11,13-14H2,1-4H3/t16-/m0/s1. The number of rotatable bonds is 6. The zero-order chi connectivity index (χ0) is 19.4. The van der Waals surface area contributed by atoms with Gasteiger partial charge in [-0.3, -0.25) is 4.79 Å². The van der Waals surface area contributed by atoms with Crippen molar-refractivity contribution in [2.24, 2.45) is 7.05 Å². The minimum atomic E-state index is 0.0527. The monoisotopic (exact) mass is 371 g/mol. The minimum absolute atomic E-state index is 0.0527. The van der Waals surface area contributed by atoms with Gasteiger partial charge in [-0.05, 0) is 52.1 Å². The first-order valence-corrected chi connectivity index (χ1v) is 9.54. The quantitative estimate of drug-likeness (QED) is 0.780. The molecule has 146 valence electrons. The molecule has 0 aliphatic carbocycles. The van der Waals surface area contributed by atoms with Crippen molar-refractivity contribution < 1.29 is 9.53 Å². The number of hydrogen-bond acceptors (Lipinski definition) is 5. The summed E-state index contributed by atoms with van der Waals surface area (Å²) in [5, 5.41) is 8.77. The van der Waals surface area contributed by atoms with Crippen LogP contribution in [0.1, 0.15) is 47.7 Å². The van der Waals surface area contributed by atoms with E-state index >= 15 is 0 Å². The zero-order valence-corrected chi connectivity index (χ0v) is 16.7. The van der Waals surface area contributed by atoms with Crippen LogP contribution in [-0.4, -0.2) is 64.3 Å². The summed E-state index contributed by atoms with van der Waals surface area (Å²) < 4.78 is 7.61. The average Bonchev–Trinajstić information content (AvgIpc) is 3.01. The van der Waals surface area contributed by atoms with Crippen molar-refractivity contribution in [1.82, 2.24) is 24.6 Å². The van der Waals surface area contributed by atoms with Gasteiger partial charge in [-0.1, -0.05) is 6.07 Å². The van der Waals surface area contributed by atoms with Gasteiger partial charge in [0.05, 0.1) is 13.2 Å². The van der Waals surface area contributed by atoms with E-state index in [4.69, 9.17) is 4.74 Å². The fraction of sp³-hybridized carbons (Fsp3) is 0.550. The van der Waals surface area contributed by atoms with Crippen LogP contribution in [0.15, 0.2) is 24.3 Å². The molecule has 1 saturated heterocycles. The van der Waals surface area contributed by atoms with Gasteiger partial charge in [0.1, 0.15) is 17.4 Å². The first-order valence-electron chi connectivity index (χ1n) is 9.54. The topological polar surface area (TPSA) is 63.5 Å². The van der Waals surface area contributed by atoms with Crippen molar-refractivity contribution >= 4 is 5.91 Å². The molecular weight excluding hydrogens is 342 g/mol. The maximum absolute atomic E-state index is 13.0. The summed E-state index contributed by atoms with van der Waals surface area (Å²) in [6.45, 7) is 4.73. The molecule has 1 aliphatic heterocycles. The second-order valence-corrected chi connectivity index (χ2v) is 7.32. The fourth-order valence-electron chi connectivity index (χ4n) is 3.59. The van der Waals surface area contributed by atoms with Gasteiger partial charge in [0, 0.05) is 31.6 Å². The lowest BCUT2D eigenvalue weighted by atomic mass is 9.96. The van der Waals surface area contributed by atoms with Crippen molar-refractivity contribution in [2.45, 2.75) is 32.2 Å². The maximum atomic E-state index is 13.0. The zero-order valence-electron chi connectivity index (χ0n) is 16.7. The van der Waals surface area contributed by atoms with E-state index in [1.165, 1.54) is 0 Å². The lowest BCUT2D eigenvalue weighted by Gasteiger charge is -2.32. The molecule has 1 atom stereocenters. The van der Waals surface area contributed by atoms with E-state index in [0.717, 1.165) is 43.3 Å². The highest BCUT2D eigenvalue weighted by Crippen LogP contribution is 2.27. The molecule has 2 heterocycles. The molecule has 1 amide bonds. The van der Waals surface area contributed by atoms with Gasteiger partial charge in [0.15, 0.2) is 0 Å². The lowest BCUT2D eigenvalue weighted by Crippen LogP contribution is -2.39. The SMILES string of the molecule is CCOc1cccc(C(=O)N2CCC[C@H](c3nnc(CN(C)C)n3C)C2)c1. The van der Waals surface area contributed by atoms with Crippen LogP contribution in [0.5, 0.6) is 5.75 Å². The largest absolute Gasteiger partial charge is 0.494 e. The molecule has 3 rings (SSSR count). The smallest absolute Gasteiger partial charge is 0.254 e. The Hall–Kier alpha value is -2.41. The number of amides is 1. The summed E-state index contributed by atoms with van der Waals surface area (Å²) in [6, 6.07) is 7.43. The van der Waals surface area contributed by atoms with Gasteiger partial charge in [0.2, 0.25) is 0 Å². The van der Waals surface area contributed by atoms with Crippen LogP contribution in [0.4, 0.5) is 0 Å². The van der Waals surface area contributed by atoms with Gasteiger partial charge < -0.3 is 19.1 Å². The highest BCUT2D eigenvalue weighted by atomic mass is 16.5. The molecule has 7 nitrogen and oxygen atoms in total. The fourth-order valence-corrected chi connectivity index (χ4v) is 3.59. The second kappa shape index (κ2) is 8.52. The minimum Gasteiger partial charge on any atom is -0.494 e. The Bertz CT molecular complexity index is 786. The summed E-state index contributed by atoms with van der Waals surface area (Å²) in [5.74, 6) is 2.91. The van der Waals surface area contributed by atoms with Gasteiger partial charge in [-0.15, -0.1) is 10.2 Å². The van der Waals surface area contributed by atoms with Gasteiger partial charge >= 0.3 is 0 Å². The Morgan fingerprint density at radius 2 is 2.15 bits per heavy atom. The van der Waals surface area contributed by atoms with E-state index in [9.17, 15) is 4.79 Å². The molecule has 0 N–H and O–H groups in total. The summed E-state index contributed by atoms with van der Waals surface area (Å²) in [6.07, 6.45) is 1.99. The summed E-state index contributed by atoms with van der Waals surface area (Å²) >= 11 is 0. The molecule has 0 bridgehead atoms. The van der Waals surface area contributed by atoms with E-state index < -0.39 is 0 Å². The molecule has 0 radical (unpaired) electrons. The predicted molar refractivity (Wildman–Crippen MR) is 104 cm³/mol. The number of nitrogens with zero attached hydrogens (tertiary/aromatic N) is 5. The Labute approximate surface area is 160 Å². The van der Waals surface area contributed by atoms with Crippen LogP contribution in [0.25, 0.3) is 0 Å². The van der Waals surface area contributed by atoms with E-state index in [1.54, 1.807) is 0 Å². The Morgan fingerprint density at radius 3 is 2.89 bits per heavy atom. The van der Waals surface area contributed by atoms with Gasteiger partial charge in [-0.2, -0.15) is 0 Å². The Morgan fingerprint density at radius 1 is 1.33 bits per heavy atom. The van der Waals surface area contributed by atoms with Crippen LogP contribution >= 0.6 is 0 Å². The number of ether oxygens (including phenoxy) is 1. The number of likely N-dealkylation sites (tertiary alicyclic amines) is 1. The van der Waals surface area contributed by atoms with E-state index in [-0.39, 0.29) is 11.8 Å². The average molecular weight is 371 g/mol. The van der Waals surface area contributed by atoms with Crippen LogP contribution in [0.2, 0.25) is 0 Å². The molecule has 0 unspecified atom stereocenters. The van der Waals surface area contributed by atoms with Crippen molar-refractivity contribution in [1.29, 1.82) is 0 Å². The molecular formula is C20H29N5O2. The van der Waals surface area contributed by atoms with E-state index in [0.29, 0.717) is 18.7 Å². The Balaban J connectivity index is 1.73. The van der Waals surface area contributed by atoms with Crippen molar-refractivity contribution in [3.63, 3.8) is 0 Å². The van der Waals surface area contributed by atoms with Gasteiger partial charge in [0.25, 0.3) is 5.91 Å². The molecule has 1 aromatic carbocycles. The number of aromatic nitrogens is 3. The number of carbonyl (C=O) groups excluding carboxylic acids is 1. The molecule has 0 saturated carbocycles. The summed E-state index contributed by atoms with van der Waals surface area (Å²) in [5.41, 5.74) is 0.674. The molecule has 27 heavy (non-hydrogen) atoms. The van der Waals surface area contributed by atoms with E-state index in [1.807, 2.05) is 57.2 Å². The van der Waals surface area contributed by atoms with E-state index in [2.05, 4.69) is 19.7 Å². The summed E-state index contributed by atoms with van der Waals surface area (Å²) in [7, 11) is 6.05. The highest BCUT2D eigenvalue weighted by Gasteiger charge is 2.29. The number of carbonyl (C=O) groups is 1. The van der Waals surface area contributed by atoms with Crippen LogP contribution in [0.3, 0.4) is 0 Å². The Kier molecular flexibility index (Phi) is 6.11. The van der Waals surface area contributed by atoms with Crippen LogP contribution in [-0.2, 0) is 13.6 Å². The van der Waals surface area contributed by atoms with Crippen molar-refractivity contribution in [2.75, 3.05) is 33.8 Å². The highest BCUT2D eigenvalue weighted by molar-refractivity contribution is 5.94. The van der Waals surface area contributed by atoms with Gasteiger partial charge in [-0.25, -0.2) is 0 Å². The molecule has 0 spiro atoms. The third-order valence-electron chi connectivity index (χ3n) is 4.92. The number of piperidine rings is 1. The van der Waals surface area contributed by atoms with Crippen LogP contribution < -0.4 is 4.74 Å². The summed E-state index contributed by atoms with van der Waals surface area (Å²) in [4.78, 5) is 17.0. The maximum Gasteiger partial charge on any atom is 0.254 e. The molecule has 2 aromatic rings. The first-order chi connectivity index (χ1) is 13.0.